The molecular formula is C22H35N5O3. The average molecular weight is 418 g/mol. The van der Waals surface area contributed by atoms with Crippen molar-refractivity contribution in [2.75, 3.05) is 51.8 Å². The normalized spacial score (nSPS) is 21.3. The lowest BCUT2D eigenvalue weighted by Gasteiger charge is -2.36. The number of allylic oxidation sites excluding steroid dienone is 1. The molecule has 0 unspecified atom stereocenters. The minimum absolute atomic E-state index is 0.0185. The van der Waals surface area contributed by atoms with Gasteiger partial charge in [0, 0.05) is 38.2 Å². The summed E-state index contributed by atoms with van der Waals surface area (Å²) in [6, 6.07) is 2.02. The number of methoxy groups -OCH3 is 1. The third-order valence-electron chi connectivity index (χ3n) is 6.07. The SMILES string of the molecule is COCCN1CC=CC[C@H](C2CCN(CC(=O)Nc3ccnn3C(C)C)CC2)C1=O. The van der Waals surface area contributed by atoms with Crippen LogP contribution in [-0.2, 0) is 14.3 Å². The first kappa shape index (κ1) is 22.5. The number of rotatable bonds is 8. The van der Waals surface area contributed by atoms with Crippen LogP contribution in [0.1, 0.15) is 39.2 Å². The molecule has 3 heterocycles. The summed E-state index contributed by atoms with van der Waals surface area (Å²) >= 11 is 0. The van der Waals surface area contributed by atoms with Crippen LogP contribution in [0.3, 0.4) is 0 Å². The molecule has 2 aliphatic rings. The Bertz CT molecular complexity index is 737. The fourth-order valence-electron chi connectivity index (χ4n) is 4.39. The van der Waals surface area contributed by atoms with E-state index in [0.717, 1.165) is 38.2 Å². The third-order valence-corrected chi connectivity index (χ3v) is 6.07. The number of carbonyl (C=O) groups excluding carboxylic acids is 2. The van der Waals surface area contributed by atoms with Gasteiger partial charge in [-0.3, -0.25) is 14.5 Å². The molecule has 0 saturated carbocycles. The lowest BCUT2D eigenvalue weighted by molar-refractivity contribution is -0.138. The van der Waals surface area contributed by atoms with E-state index in [1.165, 1.54) is 0 Å². The predicted octanol–water partition coefficient (Wildman–Crippen LogP) is 2.17. The van der Waals surface area contributed by atoms with E-state index in [9.17, 15) is 9.59 Å². The molecule has 1 aromatic heterocycles. The lowest BCUT2D eigenvalue weighted by atomic mass is 9.81. The number of aromatic nitrogens is 2. The third kappa shape index (κ3) is 5.70. The second-order valence-corrected chi connectivity index (χ2v) is 8.51. The van der Waals surface area contributed by atoms with Crippen LogP contribution in [0.4, 0.5) is 5.82 Å². The zero-order chi connectivity index (χ0) is 21.5. The molecule has 1 aromatic rings. The number of anilines is 1. The van der Waals surface area contributed by atoms with Gasteiger partial charge in [0.15, 0.2) is 0 Å². The Morgan fingerprint density at radius 3 is 2.77 bits per heavy atom. The predicted molar refractivity (Wildman–Crippen MR) is 116 cm³/mol. The Balaban J connectivity index is 1.49. The maximum Gasteiger partial charge on any atom is 0.239 e. The van der Waals surface area contributed by atoms with Crippen molar-refractivity contribution in [3.05, 3.63) is 24.4 Å². The quantitative estimate of drug-likeness (QED) is 0.656. The highest BCUT2D eigenvalue weighted by Crippen LogP contribution is 2.30. The fraction of sp³-hybridized carbons (Fsp3) is 0.682. The van der Waals surface area contributed by atoms with Crippen molar-refractivity contribution in [3.63, 3.8) is 0 Å². The van der Waals surface area contributed by atoms with E-state index >= 15 is 0 Å². The highest BCUT2D eigenvalue weighted by Gasteiger charge is 2.34. The van der Waals surface area contributed by atoms with E-state index < -0.39 is 0 Å². The number of nitrogens with one attached hydrogen (secondary N) is 1. The first-order valence-corrected chi connectivity index (χ1v) is 11.0. The molecule has 3 rings (SSSR count). The topological polar surface area (TPSA) is 79.7 Å². The number of ether oxygens (including phenoxy) is 1. The number of nitrogens with zero attached hydrogens (tertiary/aromatic N) is 4. The molecule has 166 valence electrons. The Morgan fingerprint density at radius 1 is 1.30 bits per heavy atom. The summed E-state index contributed by atoms with van der Waals surface area (Å²) in [6.07, 6.45) is 8.64. The molecule has 30 heavy (non-hydrogen) atoms. The van der Waals surface area contributed by atoms with Gasteiger partial charge in [-0.05, 0) is 52.1 Å². The van der Waals surface area contributed by atoms with Crippen LogP contribution < -0.4 is 5.32 Å². The number of likely N-dealkylation sites (tertiary alicyclic amines) is 1. The maximum atomic E-state index is 13.0. The number of amides is 2. The van der Waals surface area contributed by atoms with E-state index in [0.29, 0.717) is 32.2 Å². The van der Waals surface area contributed by atoms with Crippen molar-refractivity contribution in [2.24, 2.45) is 11.8 Å². The second kappa shape index (κ2) is 10.7. The molecule has 1 atom stereocenters. The van der Waals surface area contributed by atoms with Crippen molar-refractivity contribution >= 4 is 17.6 Å². The summed E-state index contributed by atoms with van der Waals surface area (Å²) in [5, 5.41) is 7.23. The second-order valence-electron chi connectivity index (χ2n) is 8.51. The van der Waals surface area contributed by atoms with Gasteiger partial charge in [-0.2, -0.15) is 5.10 Å². The van der Waals surface area contributed by atoms with Crippen LogP contribution in [0, 0.1) is 11.8 Å². The van der Waals surface area contributed by atoms with Gasteiger partial charge in [0.05, 0.1) is 19.3 Å². The molecule has 0 bridgehead atoms. The lowest BCUT2D eigenvalue weighted by Crippen LogP contribution is -2.44. The molecule has 0 aliphatic carbocycles. The summed E-state index contributed by atoms with van der Waals surface area (Å²) in [5.74, 6) is 1.37. The van der Waals surface area contributed by atoms with Crippen LogP contribution in [0.5, 0.6) is 0 Å². The Morgan fingerprint density at radius 2 is 2.07 bits per heavy atom. The molecule has 0 spiro atoms. The molecule has 8 nitrogen and oxygen atoms in total. The average Bonchev–Trinajstić information content (AvgIpc) is 3.11. The van der Waals surface area contributed by atoms with Gasteiger partial charge < -0.3 is 15.0 Å². The number of hydrogen-bond donors (Lipinski definition) is 1. The van der Waals surface area contributed by atoms with Crippen LogP contribution in [0.25, 0.3) is 0 Å². The van der Waals surface area contributed by atoms with Gasteiger partial charge in [-0.15, -0.1) is 0 Å². The fourth-order valence-corrected chi connectivity index (χ4v) is 4.39. The van der Waals surface area contributed by atoms with E-state index in [1.807, 2.05) is 29.5 Å². The highest BCUT2D eigenvalue weighted by atomic mass is 16.5. The van der Waals surface area contributed by atoms with Crippen LogP contribution in [0.2, 0.25) is 0 Å². The van der Waals surface area contributed by atoms with E-state index in [4.69, 9.17) is 4.74 Å². The number of piperidine rings is 1. The van der Waals surface area contributed by atoms with Crippen LogP contribution in [0.15, 0.2) is 24.4 Å². The Kier molecular flexibility index (Phi) is 8.04. The monoisotopic (exact) mass is 417 g/mol. The minimum Gasteiger partial charge on any atom is -0.383 e. The molecule has 0 aromatic carbocycles. The minimum atomic E-state index is -0.0185. The molecule has 8 heteroatoms. The summed E-state index contributed by atoms with van der Waals surface area (Å²) in [6.45, 7) is 8.00. The number of hydrogen-bond acceptors (Lipinski definition) is 5. The molecule has 1 N–H and O–H groups in total. The summed E-state index contributed by atoms with van der Waals surface area (Å²) in [5.41, 5.74) is 0. The van der Waals surface area contributed by atoms with Gasteiger partial charge in [0.1, 0.15) is 5.82 Å². The highest BCUT2D eigenvalue weighted by molar-refractivity contribution is 5.91. The van der Waals surface area contributed by atoms with Crippen LogP contribution >= 0.6 is 0 Å². The number of carbonyl (C=O) groups is 2. The Labute approximate surface area is 179 Å². The smallest absolute Gasteiger partial charge is 0.239 e. The molecule has 0 radical (unpaired) electrons. The van der Waals surface area contributed by atoms with Gasteiger partial charge >= 0.3 is 0 Å². The molecule has 2 amide bonds. The molecule has 2 aliphatic heterocycles. The summed E-state index contributed by atoms with van der Waals surface area (Å²) in [4.78, 5) is 29.6. The van der Waals surface area contributed by atoms with E-state index in [1.54, 1.807) is 13.3 Å². The van der Waals surface area contributed by atoms with Crippen molar-refractivity contribution in [1.82, 2.24) is 19.6 Å². The van der Waals surface area contributed by atoms with Gasteiger partial charge in [0.2, 0.25) is 11.8 Å². The van der Waals surface area contributed by atoms with Gasteiger partial charge in [-0.25, -0.2) is 4.68 Å². The van der Waals surface area contributed by atoms with Crippen LogP contribution in [-0.4, -0.2) is 77.8 Å². The first-order chi connectivity index (χ1) is 14.5. The van der Waals surface area contributed by atoms with E-state index in [-0.39, 0.29) is 23.8 Å². The van der Waals surface area contributed by atoms with Crippen molar-refractivity contribution in [3.8, 4) is 0 Å². The molecule has 1 saturated heterocycles. The molecular weight excluding hydrogens is 382 g/mol. The zero-order valence-corrected chi connectivity index (χ0v) is 18.4. The molecule has 1 fully saturated rings. The van der Waals surface area contributed by atoms with Gasteiger partial charge in [0.25, 0.3) is 0 Å². The standard InChI is InChI=1S/C22H35N5O3/c1-17(2)27-20(7-10-23-27)24-21(28)16-25-12-8-18(9-13-25)19-6-4-5-11-26(22(19)29)14-15-30-3/h4-5,7,10,17-19H,6,8-9,11-16H2,1-3H3,(H,24,28)/t19-/m1/s1. The largest absolute Gasteiger partial charge is 0.383 e. The zero-order valence-electron chi connectivity index (χ0n) is 18.4. The van der Waals surface area contributed by atoms with Crippen molar-refractivity contribution in [1.29, 1.82) is 0 Å². The first-order valence-electron chi connectivity index (χ1n) is 11.0. The van der Waals surface area contributed by atoms with Crippen molar-refractivity contribution in [2.45, 2.75) is 39.2 Å². The van der Waals surface area contributed by atoms with Crippen molar-refractivity contribution < 1.29 is 14.3 Å². The van der Waals surface area contributed by atoms with E-state index in [2.05, 4.69) is 27.5 Å². The Hall–Kier alpha value is -2.19. The van der Waals surface area contributed by atoms with Gasteiger partial charge in [-0.1, -0.05) is 12.2 Å². The summed E-state index contributed by atoms with van der Waals surface area (Å²) < 4.78 is 6.97. The maximum absolute atomic E-state index is 13.0. The summed E-state index contributed by atoms with van der Waals surface area (Å²) in [7, 11) is 1.66.